The van der Waals surface area contributed by atoms with Crippen molar-refractivity contribution in [2.24, 2.45) is 0 Å². The van der Waals surface area contributed by atoms with Gasteiger partial charge in [0.15, 0.2) is 6.04 Å². The first-order valence-electron chi connectivity index (χ1n) is 8.65. The highest BCUT2D eigenvalue weighted by Crippen LogP contribution is 2.18. The number of hydrogen-bond donors (Lipinski definition) is 2. The lowest BCUT2D eigenvalue weighted by molar-refractivity contribution is -0.704. The average Bonchev–Trinajstić information content (AvgIpc) is 2.67. The first-order valence-corrected chi connectivity index (χ1v) is 8.65. The molecule has 0 aliphatic heterocycles. The topological polar surface area (TPSA) is 45.7 Å². The minimum atomic E-state index is -0.370. The fourth-order valence-electron chi connectivity index (χ4n) is 2.93. The van der Waals surface area contributed by atoms with E-state index < -0.39 is 0 Å². The second-order valence-electron chi connectivity index (χ2n) is 6.28. The molecule has 0 saturated heterocycles. The van der Waals surface area contributed by atoms with Crippen LogP contribution in [-0.4, -0.2) is 11.9 Å². The van der Waals surface area contributed by atoms with Crippen LogP contribution in [0.15, 0.2) is 84.9 Å². The summed E-state index contributed by atoms with van der Waals surface area (Å²) in [5, 5.41) is 4.81. The van der Waals surface area contributed by atoms with Gasteiger partial charge in [-0.1, -0.05) is 66.7 Å². The standard InChI is InChI=1S/C22H21FN2O/c1-16(22(26)25-20-14-8-13-19(23)15-20)24-21(17-9-4-2-5-10-17)18-11-6-3-7-12-18/h2-16,21,24H,1H3,(H,25,26)/p+1/t16-/m1/s1. The van der Waals surface area contributed by atoms with Crippen LogP contribution in [0.4, 0.5) is 10.1 Å². The fourth-order valence-corrected chi connectivity index (χ4v) is 2.93. The molecule has 0 unspecified atom stereocenters. The van der Waals surface area contributed by atoms with Gasteiger partial charge >= 0.3 is 0 Å². The summed E-state index contributed by atoms with van der Waals surface area (Å²) >= 11 is 0. The number of nitrogens with one attached hydrogen (secondary N) is 1. The van der Waals surface area contributed by atoms with Gasteiger partial charge < -0.3 is 10.6 Å². The zero-order chi connectivity index (χ0) is 18.4. The van der Waals surface area contributed by atoms with Crippen molar-refractivity contribution >= 4 is 11.6 Å². The summed E-state index contributed by atoms with van der Waals surface area (Å²) in [6, 6.07) is 25.8. The Kier molecular flexibility index (Phi) is 5.77. The van der Waals surface area contributed by atoms with E-state index in [9.17, 15) is 9.18 Å². The summed E-state index contributed by atoms with van der Waals surface area (Å²) in [6.07, 6.45) is 0. The summed E-state index contributed by atoms with van der Waals surface area (Å²) < 4.78 is 13.3. The minimum Gasteiger partial charge on any atom is -0.326 e. The van der Waals surface area contributed by atoms with Crippen LogP contribution >= 0.6 is 0 Å². The van der Waals surface area contributed by atoms with E-state index in [2.05, 4.69) is 29.6 Å². The normalized spacial score (nSPS) is 12.0. The number of hydrogen-bond acceptors (Lipinski definition) is 1. The van der Waals surface area contributed by atoms with Crippen LogP contribution in [-0.2, 0) is 4.79 Å². The van der Waals surface area contributed by atoms with Gasteiger partial charge in [-0.25, -0.2) is 4.39 Å². The minimum absolute atomic E-state index is 0.00524. The van der Waals surface area contributed by atoms with Crippen LogP contribution < -0.4 is 10.6 Å². The third kappa shape index (κ3) is 4.55. The number of nitrogens with two attached hydrogens (primary N) is 1. The number of amides is 1. The number of carbonyl (C=O) groups is 1. The van der Waals surface area contributed by atoms with E-state index in [1.165, 1.54) is 12.1 Å². The molecule has 26 heavy (non-hydrogen) atoms. The van der Waals surface area contributed by atoms with E-state index in [1.807, 2.05) is 48.6 Å². The molecule has 0 aliphatic rings. The molecule has 0 spiro atoms. The van der Waals surface area contributed by atoms with Gasteiger partial charge in [-0.2, -0.15) is 0 Å². The van der Waals surface area contributed by atoms with E-state index in [1.54, 1.807) is 12.1 Å². The predicted octanol–water partition coefficient (Wildman–Crippen LogP) is 3.51. The second-order valence-corrected chi connectivity index (χ2v) is 6.28. The Balaban J connectivity index is 1.77. The van der Waals surface area contributed by atoms with Crippen LogP contribution in [0, 0.1) is 5.82 Å². The van der Waals surface area contributed by atoms with Gasteiger partial charge in [0.25, 0.3) is 5.91 Å². The van der Waals surface area contributed by atoms with Gasteiger partial charge in [0, 0.05) is 16.8 Å². The molecule has 3 N–H and O–H groups in total. The maximum Gasteiger partial charge on any atom is 0.282 e. The fraction of sp³-hybridized carbons (Fsp3) is 0.136. The Hall–Kier alpha value is -2.98. The van der Waals surface area contributed by atoms with E-state index in [4.69, 9.17) is 0 Å². The third-order valence-electron chi connectivity index (χ3n) is 4.30. The van der Waals surface area contributed by atoms with Gasteiger partial charge in [-0.3, -0.25) is 4.79 Å². The van der Waals surface area contributed by atoms with Gasteiger partial charge in [-0.15, -0.1) is 0 Å². The smallest absolute Gasteiger partial charge is 0.282 e. The van der Waals surface area contributed by atoms with Crippen LogP contribution in [0.2, 0.25) is 0 Å². The summed E-state index contributed by atoms with van der Waals surface area (Å²) in [6.45, 7) is 1.85. The largest absolute Gasteiger partial charge is 0.326 e. The molecule has 3 aromatic carbocycles. The summed E-state index contributed by atoms with van der Waals surface area (Å²) in [5.74, 6) is -0.529. The Morgan fingerprint density at radius 1 is 0.885 bits per heavy atom. The monoisotopic (exact) mass is 349 g/mol. The number of rotatable bonds is 6. The van der Waals surface area contributed by atoms with Crippen molar-refractivity contribution in [2.45, 2.75) is 19.0 Å². The molecule has 0 aromatic heterocycles. The number of quaternary nitrogens is 1. The van der Waals surface area contributed by atoms with Crippen LogP contribution in [0.1, 0.15) is 24.1 Å². The van der Waals surface area contributed by atoms with E-state index >= 15 is 0 Å². The number of benzene rings is 3. The molecular formula is C22H22FN2O+. The van der Waals surface area contributed by atoms with Crippen molar-refractivity contribution in [2.75, 3.05) is 5.32 Å². The first-order chi connectivity index (χ1) is 12.6. The SMILES string of the molecule is C[C@@H]([NH2+]C(c1ccccc1)c1ccccc1)C(=O)Nc1cccc(F)c1. The van der Waals surface area contributed by atoms with E-state index in [0.29, 0.717) is 5.69 Å². The van der Waals surface area contributed by atoms with Crippen LogP contribution in [0.5, 0.6) is 0 Å². The highest BCUT2D eigenvalue weighted by molar-refractivity contribution is 5.93. The molecule has 0 bridgehead atoms. The Morgan fingerprint density at radius 2 is 1.46 bits per heavy atom. The van der Waals surface area contributed by atoms with Gasteiger partial charge in [0.05, 0.1) is 0 Å². The molecule has 1 atom stereocenters. The van der Waals surface area contributed by atoms with E-state index in [0.717, 1.165) is 11.1 Å². The summed E-state index contributed by atoms with van der Waals surface area (Å²) in [4.78, 5) is 12.6. The van der Waals surface area contributed by atoms with Crippen molar-refractivity contribution in [1.82, 2.24) is 0 Å². The third-order valence-corrected chi connectivity index (χ3v) is 4.30. The number of anilines is 1. The quantitative estimate of drug-likeness (QED) is 0.703. The first kappa shape index (κ1) is 17.8. The van der Waals surface area contributed by atoms with Crippen molar-refractivity contribution in [3.8, 4) is 0 Å². The Morgan fingerprint density at radius 3 is 2.00 bits per heavy atom. The average molecular weight is 349 g/mol. The summed E-state index contributed by atoms with van der Waals surface area (Å²) in [7, 11) is 0. The second kappa shape index (κ2) is 8.41. The molecule has 1 amide bonds. The molecule has 3 nitrogen and oxygen atoms in total. The molecule has 3 rings (SSSR count). The molecular weight excluding hydrogens is 327 g/mol. The van der Waals surface area contributed by atoms with Crippen LogP contribution in [0.25, 0.3) is 0 Å². The van der Waals surface area contributed by atoms with E-state index in [-0.39, 0.29) is 23.8 Å². The van der Waals surface area contributed by atoms with Crippen molar-refractivity contribution < 1.29 is 14.5 Å². The molecule has 3 aromatic rings. The van der Waals surface area contributed by atoms with Crippen molar-refractivity contribution in [3.63, 3.8) is 0 Å². The molecule has 132 valence electrons. The lowest BCUT2D eigenvalue weighted by Gasteiger charge is -2.20. The molecule has 0 heterocycles. The predicted molar refractivity (Wildman–Crippen MR) is 101 cm³/mol. The molecule has 4 heteroatoms. The van der Waals surface area contributed by atoms with Crippen LogP contribution in [0.3, 0.4) is 0 Å². The highest BCUT2D eigenvalue weighted by Gasteiger charge is 2.24. The van der Waals surface area contributed by atoms with Crippen molar-refractivity contribution in [1.29, 1.82) is 0 Å². The number of carbonyl (C=O) groups excluding carboxylic acids is 1. The highest BCUT2D eigenvalue weighted by atomic mass is 19.1. The zero-order valence-corrected chi connectivity index (χ0v) is 14.6. The maximum atomic E-state index is 13.3. The summed E-state index contributed by atoms with van der Waals surface area (Å²) in [5.41, 5.74) is 2.72. The molecule has 0 saturated carbocycles. The number of halogens is 1. The lowest BCUT2D eigenvalue weighted by Crippen LogP contribution is -2.92. The van der Waals surface area contributed by atoms with Gasteiger partial charge in [0.2, 0.25) is 0 Å². The van der Waals surface area contributed by atoms with Gasteiger partial charge in [0.1, 0.15) is 11.9 Å². The lowest BCUT2D eigenvalue weighted by atomic mass is 9.98. The maximum absolute atomic E-state index is 13.3. The van der Waals surface area contributed by atoms with Crippen molar-refractivity contribution in [3.05, 3.63) is 102 Å². The Labute approximate surface area is 152 Å². The zero-order valence-electron chi connectivity index (χ0n) is 14.6. The molecule has 0 fully saturated rings. The molecule has 0 aliphatic carbocycles. The molecule has 0 radical (unpaired) electrons. The Bertz CT molecular complexity index is 813. The van der Waals surface area contributed by atoms with Gasteiger partial charge in [-0.05, 0) is 25.1 Å².